The Balaban J connectivity index is 1.67. The van der Waals surface area contributed by atoms with Crippen molar-refractivity contribution in [3.8, 4) is 0 Å². The summed E-state index contributed by atoms with van der Waals surface area (Å²) in [6.07, 6.45) is 0.608. The molecule has 2 aromatic heterocycles. The Bertz CT molecular complexity index is 1300. The van der Waals surface area contributed by atoms with E-state index < -0.39 is 5.97 Å². The number of esters is 1. The zero-order valence-electron chi connectivity index (χ0n) is 16.0. The summed E-state index contributed by atoms with van der Waals surface area (Å²) in [4.78, 5) is 29.8. The third kappa shape index (κ3) is 3.74. The van der Waals surface area contributed by atoms with Gasteiger partial charge in [0, 0.05) is 11.4 Å². The Morgan fingerprint density at radius 1 is 1.10 bits per heavy atom. The molecule has 0 unspecified atom stereocenters. The molecule has 0 atom stereocenters. The zero-order valence-corrected chi connectivity index (χ0v) is 16.7. The lowest BCUT2D eigenvalue weighted by Gasteiger charge is -2.09. The monoisotopic (exact) mass is 407 g/mol. The second-order valence-corrected chi connectivity index (χ2v) is 7.28. The molecule has 0 saturated heterocycles. The standard InChI is InChI=1S/C23H18ClNO4/c1-13-10-20-17(12-19(13)24)21(26)18-11-16(14(2)25-22(18)29-20)23(27)28-9-8-15-6-4-3-5-7-15/h3-7,10-12H,8-9H2,1-2H3. The van der Waals surface area contributed by atoms with Gasteiger partial charge < -0.3 is 9.15 Å². The van der Waals surface area contributed by atoms with Crippen molar-refractivity contribution in [3.05, 3.63) is 86.2 Å². The van der Waals surface area contributed by atoms with Gasteiger partial charge in [0.15, 0.2) is 0 Å². The number of halogens is 1. The van der Waals surface area contributed by atoms with Crippen LogP contribution < -0.4 is 5.43 Å². The summed E-state index contributed by atoms with van der Waals surface area (Å²) in [5.41, 5.74) is 2.88. The molecule has 5 nitrogen and oxygen atoms in total. The van der Waals surface area contributed by atoms with Gasteiger partial charge >= 0.3 is 5.97 Å². The first-order chi connectivity index (χ1) is 13.9. The number of fused-ring (bicyclic) bond motifs is 2. The Morgan fingerprint density at radius 2 is 1.86 bits per heavy atom. The van der Waals surface area contributed by atoms with Crippen molar-refractivity contribution in [1.29, 1.82) is 0 Å². The molecule has 4 rings (SSSR count). The molecule has 2 heterocycles. The van der Waals surface area contributed by atoms with Gasteiger partial charge in [0.1, 0.15) is 5.58 Å². The number of pyridine rings is 1. The highest BCUT2D eigenvalue weighted by atomic mass is 35.5. The molecular weight excluding hydrogens is 390 g/mol. The molecule has 0 amide bonds. The molecule has 2 aromatic carbocycles. The second-order valence-electron chi connectivity index (χ2n) is 6.87. The van der Waals surface area contributed by atoms with Gasteiger partial charge in [-0.1, -0.05) is 41.9 Å². The van der Waals surface area contributed by atoms with E-state index in [1.54, 1.807) is 19.1 Å². The van der Waals surface area contributed by atoms with E-state index in [9.17, 15) is 9.59 Å². The third-order valence-electron chi connectivity index (χ3n) is 4.82. The van der Waals surface area contributed by atoms with Crippen LogP contribution in [0.3, 0.4) is 0 Å². The SMILES string of the molecule is Cc1cc2oc3nc(C)c(C(=O)OCCc4ccccc4)cc3c(=O)c2cc1Cl. The number of rotatable bonds is 4. The first-order valence-corrected chi connectivity index (χ1v) is 9.57. The van der Waals surface area contributed by atoms with Crippen LogP contribution in [0.2, 0.25) is 5.02 Å². The molecule has 0 radical (unpaired) electrons. The fourth-order valence-corrected chi connectivity index (χ4v) is 3.34. The van der Waals surface area contributed by atoms with E-state index in [-0.39, 0.29) is 28.7 Å². The predicted octanol–water partition coefficient (Wildman–Crippen LogP) is 5.01. The molecule has 0 fully saturated rings. The molecule has 0 saturated carbocycles. The first kappa shape index (κ1) is 19.2. The molecular formula is C23H18ClNO4. The summed E-state index contributed by atoms with van der Waals surface area (Å²) in [7, 11) is 0. The number of benzene rings is 2. The Labute approximate surface area is 171 Å². The number of hydrogen-bond acceptors (Lipinski definition) is 5. The van der Waals surface area contributed by atoms with Crippen LogP contribution in [0.4, 0.5) is 0 Å². The summed E-state index contributed by atoms with van der Waals surface area (Å²) in [5.74, 6) is -0.519. The summed E-state index contributed by atoms with van der Waals surface area (Å²) >= 11 is 6.16. The van der Waals surface area contributed by atoms with Crippen LogP contribution in [0.5, 0.6) is 0 Å². The topological polar surface area (TPSA) is 69.4 Å². The molecule has 0 aliphatic heterocycles. The Kier molecular flexibility index (Phi) is 5.07. The quantitative estimate of drug-likeness (QED) is 0.351. The molecule has 4 aromatic rings. The van der Waals surface area contributed by atoms with Crippen molar-refractivity contribution in [2.45, 2.75) is 20.3 Å². The second kappa shape index (κ2) is 7.68. The third-order valence-corrected chi connectivity index (χ3v) is 5.23. The van der Waals surface area contributed by atoms with Gasteiger partial charge in [-0.3, -0.25) is 4.79 Å². The molecule has 0 aliphatic carbocycles. The lowest BCUT2D eigenvalue weighted by atomic mass is 10.1. The largest absolute Gasteiger partial charge is 0.462 e. The van der Waals surface area contributed by atoms with Crippen molar-refractivity contribution in [3.63, 3.8) is 0 Å². The minimum atomic E-state index is -0.519. The summed E-state index contributed by atoms with van der Waals surface area (Å²) in [6.45, 7) is 3.76. The van der Waals surface area contributed by atoms with Crippen LogP contribution >= 0.6 is 11.6 Å². The number of hydrogen-bond donors (Lipinski definition) is 0. The van der Waals surface area contributed by atoms with Crippen LogP contribution in [0.25, 0.3) is 22.1 Å². The highest BCUT2D eigenvalue weighted by Gasteiger charge is 2.18. The molecule has 29 heavy (non-hydrogen) atoms. The van der Waals surface area contributed by atoms with E-state index in [2.05, 4.69) is 4.98 Å². The average Bonchev–Trinajstić information content (AvgIpc) is 2.70. The highest BCUT2D eigenvalue weighted by Crippen LogP contribution is 2.25. The Morgan fingerprint density at radius 3 is 2.62 bits per heavy atom. The van der Waals surface area contributed by atoms with Gasteiger partial charge in [-0.15, -0.1) is 0 Å². The van der Waals surface area contributed by atoms with E-state index >= 15 is 0 Å². The lowest BCUT2D eigenvalue weighted by Crippen LogP contribution is -2.12. The summed E-state index contributed by atoms with van der Waals surface area (Å²) in [6, 6.07) is 14.5. The van der Waals surface area contributed by atoms with Crippen molar-refractivity contribution in [2.75, 3.05) is 6.61 Å². The maximum Gasteiger partial charge on any atom is 0.340 e. The number of carbonyl (C=O) groups excluding carboxylic acids is 1. The van der Waals surface area contributed by atoms with E-state index in [4.69, 9.17) is 20.8 Å². The summed E-state index contributed by atoms with van der Waals surface area (Å²) < 4.78 is 11.2. The maximum absolute atomic E-state index is 12.9. The molecule has 0 bridgehead atoms. The van der Waals surface area contributed by atoms with Crippen molar-refractivity contribution in [1.82, 2.24) is 4.98 Å². The van der Waals surface area contributed by atoms with Gasteiger partial charge in [0.05, 0.1) is 28.6 Å². The van der Waals surface area contributed by atoms with Crippen molar-refractivity contribution >= 4 is 39.6 Å². The van der Waals surface area contributed by atoms with Gasteiger partial charge in [-0.25, -0.2) is 9.78 Å². The van der Waals surface area contributed by atoms with E-state index in [1.165, 1.54) is 6.07 Å². The van der Waals surface area contributed by atoms with Crippen LogP contribution in [0.15, 0.2) is 57.7 Å². The molecule has 0 aliphatic rings. The fraction of sp³-hybridized carbons (Fsp3) is 0.174. The number of ether oxygens (including phenoxy) is 1. The van der Waals surface area contributed by atoms with Crippen LogP contribution in [-0.2, 0) is 11.2 Å². The normalized spacial score (nSPS) is 11.1. The molecule has 146 valence electrons. The Hall–Kier alpha value is -3.18. The molecule has 6 heteroatoms. The van der Waals surface area contributed by atoms with Crippen LogP contribution in [0, 0.1) is 13.8 Å². The maximum atomic E-state index is 12.9. The number of carbonyl (C=O) groups is 1. The number of nitrogens with zero attached hydrogens (tertiary/aromatic N) is 1. The number of aryl methyl sites for hydroxylation is 2. The number of aromatic nitrogens is 1. The van der Waals surface area contributed by atoms with Gasteiger partial charge in [-0.2, -0.15) is 0 Å². The van der Waals surface area contributed by atoms with E-state index in [0.29, 0.717) is 28.1 Å². The highest BCUT2D eigenvalue weighted by molar-refractivity contribution is 6.32. The van der Waals surface area contributed by atoms with Gasteiger partial charge in [0.25, 0.3) is 0 Å². The smallest absolute Gasteiger partial charge is 0.340 e. The average molecular weight is 408 g/mol. The van der Waals surface area contributed by atoms with Crippen molar-refractivity contribution in [2.24, 2.45) is 0 Å². The van der Waals surface area contributed by atoms with Crippen molar-refractivity contribution < 1.29 is 13.9 Å². The lowest BCUT2D eigenvalue weighted by molar-refractivity contribution is 0.0508. The zero-order chi connectivity index (χ0) is 20.5. The van der Waals surface area contributed by atoms with Crippen LogP contribution in [-0.4, -0.2) is 17.6 Å². The fourth-order valence-electron chi connectivity index (χ4n) is 3.18. The molecule has 0 spiro atoms. The first-order valence-electron chi connectivity index (χ1n) is 9.19. The van der Waals surface area contributed by atoms with Crippen LogP contribution in [0.1, 0.15) is 27.2 Å². The summed E-state index contributed by atoms with van der Waals surface area (Å²) in [5, 5.41) is 1.05. The van der Waals surface area contributed by atoms with Gasteiger partial charge in [-0.05, 0) is 43.2 Å². The predicted molar refractivity (Wildman–Crippen MR) is 113 cm³/mol. The molecule has 0 N–H and O–H groups in total. The minimum Gasteiger partial charge on any atom is -0.462 e. The minimum absolute atomic E-state index is 0.183. The van der Waals surface area contributed by atoms with E-state index in [1.807, 2.05) is 37.3 Å². The van der Waals surface area contributed by atoms with E-state index in [0.717, 1.165) is 11.1 Å². The van der Waals surface area contributed by atoms with Gasteiger partial charge in [0.2, 0.25) is 11.1 Å².